The topological polar surface area (TPSA) is 74.6 Å². The highest BCUT2D eigenvalue weighted by Gasteiger charge is 2.10. The van der Waals surface area contributed by atoms with E-state index in [1.165, 1.54) is 0 Å². The fourth-order valence-corrected chi connectivity index (χ4v) is 2.74. The lowest BCUT2D eigenvalue weighted by atomic mass is 10.4. The smallest absolute Gasteiger partial charge is 0.319 e. The van der Waals surface area contributed by atoms with E-state index in [0.717, 1.165) is 21.8 Å². The van der Waals surface area contributed by atoms with Crippen LogP contribution in [0.5, 0.6) is 0 Å². The van der Waals surface area contributed by atoms with Crippen molar-refractivity contribution in [2.24, 2.45) is 0 Å². The van der Waals surface area contributed by atoms with Gasteiger partial charge in [0.1, 0.15) is 16.1 Å². The second kappa shape index (κ2) is 6.88. The third kappa shape index (κ3) is 3.48. The number of imidazole rings is 1. The number of carbonyl (C=O) groups is 1. The van der Waals surface area contributed by atoms with Crippen LogP contribution in [0.4, 0.5) is 16.3 Å². The van der Waals surface area contributed by atoms with E-state index < -0.39 is 0 Å². The zero-order chi connectivity index (χ0) is 17.1. The molecular weight excluding hydrogens is 372 g/mol. The first-order chi connectivity index (χ1) is 11.5. The van der Waals surface area contributed by atoms with Gasteiger partial charge in [0.05, 0.1) is 12.2 Å². The van der Waals surface area contributed by atoms with Gasteiger partial charge in [-0.1, -0.05) is 6.07 Å². The molecular formula is C16H17BrN6O. The van der Waals surface area contributed by atoms with Gasteiger partial charge in [-0.25, -0.2) is 14.8 Å². The molecule has 0 unspecified atom stereocenters. The van der Waals surface area contributed by atoms with Crippen LogP contribution in [0.25, 0.3) is 5.65 Å². The standard InChI is InChI=1S/C16H17BrN6O/c1-22(2)14-9-11(6-7-18-14)20-16(24)19-10-12-15(17)23-8-4-3-5-13(23)21-12/h3-9H,10H2,1-2H3,(H2,18,19,20,24). The Labute approximate surface area is 147 Å². The lowest BCUT2D eigenvalue weighted by Crippen LogP contribution is -2.28. The fraction of sp³-hybridized carbons (Fsp3) is 0.188. The van der Waals surface area contributed by atoms with Gasteiger partial charge in [-0.05, 0) is 34.1 Å². The van der Waals surface area contributed by atoms with Crippen molar-refractivity contribution < 1.29 is 4.79 Å². The van der Waals surface area contributed by atoms with E-state index in [0.29, 0.717) is 12.2 Å². The molecule has 124 valence electrons. The first-order valence-corrected chi connectivity index (χ1v) is 8.13. The summed E-state index contributed by atoms with van der Waals surface area (Å²) in [7, 11) is 3.79. The van der Waals surface area contributed by atoms with Gasteiger partial charge in [0.25, 0.3) is 0 Å². The first-order valence-electron chi connectivity index (χ1n) is 7.34. The second-order valence-electron chi connectivity index (χ2n) is 5.38. The molecule has 24 heavy (non-hydrogen) atoms. The number of hydrogen-bond acceptors (Lipinski definition) is 4. The van der Waals surface area contributed by atoms with Crippen LogP contribution in [0.1, 0.15) is 5.69 Å². The monoisotopic (exact) mass is 388 g/mol. The number of nitrogens with one attached hydrogen (secondary N) is 2. The summed E-state index contributed by atoms with van der Waals surface area (Å²) in [6.07, 6.45) is 3.57. The maximum Gasteiger partial charge on any atom is 0.319 e. The molecule has 3 rings (SSSR count). The van der Waals surface area contributed by atoms with E-state index in [1.807, 2.05) is 47.8 Å². The lowest BCUT2D eigenvalue weighted by molar-refractivity contribution is 0.251. The molecule has 3 heterocycles. The molecule has 2 N–H and O–H groups in total. The van der Waals surface area contributed by atoms with Crippen molar-refractivity contribution in [1.29, 1.82) is 0 Å². The third-order valence-corrected chi connectivity index (χ3v) is 4.26. The van der Waals surface area contributed by atoms with Crippen molar-refractivity contribution >= 4 is 39.1 Å². The van der Waals surface area contributed by atoms with E-state index >= 15 is 0 Å². The number of nitrogens with zero attached hydrogens (tertiary/aromatic N) is 4. The van der Waals surface area contributed by atoms with Crippen molar-refractivity contribution in [2.75, 3.05) is 24.3 Å². The van der Waals surface area contributed by atoms with E-state index in [-0.39, 0.29) is 6.03 Å². The Hall–Kier alpha value is -2.61. The normalized spacial score (nSPS) is 10.6. The Morgan fingerprint density at radius 3 is 2.92 bits per heavy atom. The largest absolute Gasteiger partial charge is 0.363 e. The van der Waals surface area contributed by atoms with Crippen molar-refractivity contribution in [3.05, 3.63) is 53.0 Å². The second-order valence-corrected chi connectivity index (χ2v) is 6.13. The van der Waals surface area contributed by atoms with Gasteiger partial charge in [0.2, 0.25) is 0 Å². The van der Waals surface area contributed by atoms with Crippen LogP contribution in [0.15, 0.2) is 47.3 Å². The molecule has 7 nitrogen and oxygen atoms in total. The summed E-state index contributed by atoms with van der Waals surface area (Å²) in [6.45, 7) is 0.319. The fourth-order valence-electron chi connectivity index (χ4n) is 2.21. The van der Waals surface area contributed by atoms with Gasteiger partial charge in [0, 0.05) is 38.2 Å². The molecule has 0 spiro atoms. The van der Waals surface area contributed by atoms with Crippen molar-refractivity contribution in [1.82, 2.24) is 19.7 Å². The molecule has 0 radical (unpaired) electrons. The number of aromatic nitrogens is 3. The Balaban J connectivity index is 1.65. The molecule has 0 aliphatic rings. The van der Waals surface area contributed by atoms with E-state index in [9.17, 15) is 4.79 Å². The molecule has 0 aromatic carbocycles. The summed E-state index contributed by atoms with van der Waals surface area (Å²) in [5.74, 6) is 0.774. The van der Waals surface area contributed by atoms with Gasteiger partial charge in [-0.2, -0.15) is 0 Å². The van der Waals surface area contributed by atoms with E-state index in [1.54, 1.807) is 18.3 Å². The molecule has 0 aliphatic carbocycles. The minimum absolute atomic E-state index is 0.296. The van der Waals surface area contributed by atoms with Crippen LogP contribution in [0.2, 0.25) is 0 Å². The highest BCUT2D eigenvalue weighted by molar-refractivity contribution is 9.10. The average Bonchev–Trinajstić information content (AvgIpc) is 2.90. The molecule has 0 saturated carbocycles. The molecule has 2 amide bonds. The number of hydrogen-bond donors (Lipinski definition) is 2. The third-order valence-electron chi connectivity index (χ3n) is 3.42. The van der Waals surface area contributed by atoms with E-state index in [2.05, 4.69) is 36.5 Å². The summed E-state index contributed by atoms with van der Waals surface area (Å²) in [5.41, 5.74) is 2.27. The summed E-state index contributed by atoms with van der Waals surface area (Å²) in [4.78, 5) is 22.7. The summed E-state index contributed by atoms with van der Waals surface area (Å²) in [6, 6.07) is 9.01. The highest BCUT2D eigenvalue weighted by atomic mass is 79.9. The summed E-state index contributed by atoms with van der Waals surface area (Å²) in [5, 5.41) is 5.60. The Bertz CT molecular complexity index is 876. The van der Waals surface area contributed by atoms with Gasteiger partial charge in [-0.15, -0.1) is 0 Å². The quantitative estimate of drug-likeness (QED) is 0.720. The SMILES string of the molecule is CN(C)c1cc(NC(=O)NCc2nc3ccccn3c2Br)ccn1. The maximum absolute atomic E-state index is 12.1. The number of urea groups is 1. The molecule has 0 atom stereocenters. The molecule has 0 saturated heterocycles. The predicted octanol–water partition coefficient (Wildman–Crippen LogP) is 2.88. The average molecular weight is 389 g/mol. The van der Waals surface area contributed by atoms with Crippen LogP contribution in [-0.4, -0.2) is 34.5 Å². The number of pyridine rings is 2. The summed E-state index contributed by atoms with van der Waals surface area (Å²) < 4.78 is 2.75. The molecule has 3 aromatic rings. The van der Waals surface area contributed by atoms with Crippen LogP contribution >= 0.6 is 15.9 Å². The van der Waals surface area contributed by atoms with Crippen molar-refractivity contribution in [3.63, 3.8) is 0 Å². The summed E-state index contributed by atoms with van der Waals surface area (Å²) >= 11 is 3.51. The number of carbonyl (C=O) groups excluding carboxylic acids is 1. The van der Waals surface area contributed by atoms with Gasteiger partial charge in [0.15, 0.2) is 0 Å². The van der Waals surface area contributed by atoms with Crippen molar-refractivity contribution in [3.8, 4) is 0 Å². The molecule has 0 bridgehead atoms. The van der Waals surface area contributed by atoms with Crippen molar-refractivity contribution in [2.45, 2.75) is 6.54 Å². The maximum atomic E-state index is 12.1. The van der Waals surface area contributed by atoms with Gasteiger partial charge in [-0.3, -0.25) is 4.40 Å². The zero-order valence-corrected chi connectivity index (χ0v) is 14.9. The number of anilines is 2. The Morgan fingerprint density at radius 2 is 2.17 bits per heavy atom. The van der Waals surface area contributed by atoms with Gasteiger partial charge < -0.3 is 15.5 Å². The lowest BCUT2D eigenvalue weighted by Gasteiger charge is -2.13. The first kappa shape index (κ1) is 16.3. The number of halogens is 1. The Kier molecular flexibility index (Phi) is 4.66. The van der Waals surface area contributed by atoms with Gasteiger partial charge >= 0.3 is 6.03 Å². The number of amides is 2. The Morgan fingerprint density at radius 1 is 1.33 bits per heavy atom. The van der Waals surface area contributed by atoms with Crippen LogP contribution in [0.3, 0.4) is 0 Å². The molecule has 0 aliphatic heterocycles. The van der Waals surface area contributed by atoms with E-state index in [4.69, 9.17) is 0 Å². The molecule has 3 aromatic heterocycles. The minimum Gasteiger partial charge on any atom is -0.363 e. The van der Waals surface area contributed by atoms with Crippen LogP contribution in [-0.2, 0) is 6.54 Å². The van der Waals surface area contributed by atoms with Crippen LogP contribution in [0, 0.1) is 0 Å². The number of fused-ring (bicyclic) bond motifs is 1. The predicted molar refractivity (Wildman–Crippen MR) is 97.3 cm³/mol. The molecule has 0 fully saturated rings. The molecule has 8 heteroatoms. The highest BCUT2D eigenvalue weighted by Crippen LogP contribution is 2.18. The zero-order valence-electron chi connectivity index (χ0n) is 13.3. The van der Waals surface area contributed by atoms with Crippen LogP contribution < -0.4 is 15.5 Å². The minimum atomic E-state index is -0.296. The number of rotatable bonds is 4.